The number of nitrogens with zero attached hydrogens (tertiary/aromatic N) is 1. The van der Waals surface area contributed by atoms with Gasteiger partial charge in [-0.15, -0.1) is 0 Å². The smallest absolute Gasteiger partial charge is 0.239 e. The van der Waals surface area contributed by atoms with Crippen LogP contribution in [-0.2, 0) is 14.3 Å². The van der Waals surface area contributed by atoms with Gasteiger partial charge in [-0.1, -0.05) is 26.0 Å². The summed E-state index contributed by atoms with van der Waals surface area (Å²) in [5.41, 5.74) is 6.88. The van der Waals surface area contributed by atoms with E-state index in [0.29, 0.717) is 19.8 Å². The van der Waals surface area contributed by atoms with Gasteiger partial charge in [0, 0.05) is 19.6 Å². The molecule has 1 heterocycles. The molecule has 1 aromatic rings. The van der Waals surface area contributed by atoms with Crippen molar-refractivity contribution in [1.82, 2.24) is 15.5 Å². The highest BCUT2D eigenvalue weighted by Crippen LogP contribution is 2.23. The van der Waals surface area contributed by atoms with Gasteiger partial charge in [0.15, 0.2) is 0 Å². The van der Waals surface area contributed by atoms with Gasteiger partial charge in [0.2, 0.25) is 11.8 Å². The molecule has 4 N–H and O–H groups in total. The molecule has 0 aromatic heterocycles. The number of nitrogens with two attached hydrogens (primary N) is 1. The van der Waals surface area contributed by atoms with E-state index in [1.165, 1.54) is 0 Å². The maximum atomic E-state index is 12.2. The Morgan fingerprint density at radius 3 is 2.39 bits per heavy atom. The Morgan fingerprint density at radius 1 is 1.18 bits per heavy atom. The van der Waals surface area contributed by atoms with Crippen LogP contribution in [0.3, 0.4) is 0 Å². The monoisotopic (exact) mass is 392 g/mol. The second-order valence-electron chi connectivity index (χ2n) is 7.23. The molecule has 1 aliphatic heterocycles. The highest BCUT2D eigenvalue weighted by atomic mass is 16.5. The zero-order valence-electron chi connectivity index (χ0n) is 16.9. The first kappa shape index (κ1) is 22.1. The van der Waals surface area contributed by atoms with Gasteiger partial charge in [-0.2, -0.15) is 0 Å². The van der Waals surface area contributed by atoms with Crippen molar-refractivity contribution >= 4 is 11.8 Å². The van der Waals surface area contributed by atoms with Crippen LogP contribution < -0.4 is 21.1 Å². The number of rotatable bonds is 9. The molecular weight excluding hydrogens is 360 g/mol. The van der Waals surface area contributed by atoms with Crippen LogP contribution in [0.4, 0.5) is 0 Å². The molecule has 2 amide bonds. The van der Waals surface area contributed by atoms with Crippen LogP contribution in [0.2, 0.25) is 0 Å². The van der Waals surface area contributed by atoms with Crippen molar-refractivity contribution in [3.05, 3.63) is 29.8 Å². The van der Waals surface area contributed by atoms with Gasteiger partial charge in [-0.05, 0) is 23.6 Å². The number of amides is 2. The minimum atomic E-state index is -0.617. The summed E-state index contributed by atoms with van der Waals surface area (Å²) in [4.78, 5) is 26.4. The fourth-order valence-corrected chi connectivity index (χ4v) is 3.03. The maximum absolute atomic E-state index is 12.2. The molecule has 8 nitrogen and oxygen atoms in total. The van der Waals surface area contributed by atoms with E-state index in [1.807, 2.05) is 38.1 Å². The molecule has 156 valence electrons. The molecule has 0 radical (unpaired) electrons. The number of benzene rings is 1. The summed E-state index contributed by atoms with van der Waals surface area (Å²) >= 11 is 0. The van der Waals surface area contributed by atoms with E-state index >= 15 is 0 Å². The number of hydrogen-bond acceptors (Lipinski definition) is 6. The maximum Gasteiger partial charge on any atom is 0.239 e. The van der Waals surface area contributed by atoms with Crippen LogP contribution in [-0.4, -0.2) is 69.3 Å². The first-order valence-electron chi connectivity index (χ1n) is 9.68. The molecule has 1 aromatic carbocycles. The van der Waals surface area contributed by atoms with Crippen molar-refractivity contribution in [2.24, 2.45) is 11.7 Å². The van der Waals surface area contributed by atoms with Crippen LogP contribution >= 0.6 is 0 Å². The van der Waals surface area contributed by atoms with E-state index in [0.717, 1.165) is 24.4 Å². The molecule has 0 bridgehead atoms. The second-order valence-corrected chi connectivity index (χ2v) is 7.23. The number of carbonyl (C=O) groups is 2. The summed E-state index contributed by atoms with van der Waals surface area (Å²) in [5.74, 6) is 0.252. The standard InChI is InChI=1S/C20H32N4O4/c1-14(2)19(21)20(26)23-13-18(25)22-12-17(24-8-10-28-11-9-24)15-4-6-16(27-3)7-5-15/h4-7,14,17,19H,8-13,21H2,1-3H3,(H,22,25)(H,23,26)/t17?,19-/m0/s1. The molecule has 1 aliphatic rings. The van der Waals surface area contributed by atoms with E-state index in [2.05, 4.69) is 15.5 Å². The number of carbonyl (C=O) groups excluding carboxylic acids is 2. The molecule has 0 aliphatic carbocycles. The molecule has 2 rings (SSSR count). The van der Waals surface area contributed by atoms with Gasteiger partial charge in [-0.3, -0.25) is 14.5 Å². The molecule has 28 heavy (non-hydrogen) atoms. The molecule has 1 unspecified atom stereocenters. The van der Waals surface area contributed by atoms with Crippen molar-refractivity contribution in [3.63, 3.8) is 0 Å². The highest BCUT2D eigenvalue weighted by Gasteiger charge is 2.24. The van der Waals surface area contributed by atoms with Crippen molar-refractivity contribution in [3.8, 4) is 5.75 Å². The molecule has 1 fully saturated rings. The number of morpholine rings is 1. The molecule has 2 atom stereocenters. The van der Waals surface area contributed by atoms with Crippen molar-refractivity contribution < 1.29 is 19.1 Å². The summed E-state index contributed by atoms with van der Waals surface area (Å²) in [6.07, 6.45) is 0. The van der Waals surface area contributed by atoms with Gasteiger partial charge in [0.05, 0.1) is 39.0 Å². The summed E-state index contributed by atoms with van der Waals surface area (Å²) in [5, 5.41) is 5.52. The van der Waals surface area contributed by atoms with Gasteiger partial charge in [-0.25, -0.2) is 0 Å². The van der Waals surface area contributed by atoms with Crippen LogP contribution in [0.15, 0.2) is 24.3 Å². The Kier molecular flexibility index (Phi) is 8.69. The molecule has 0 spiro atoms. The van der Waals surface area contributed by atoms with Crippen LogP contribution in [0, 0.1) is 5.92 Å². The number of ether oxygens (including phenoxy) is 2. The topological polar surface area (TPSA) is 106 Å². The summed E-state index contributed by atoms with van der Waals surface area (Å²) in [6, 6.07) is 7.25. The average molecular weight is 393 g/mol. The van der Waals surface area contributed by atoms with Crippen LogP contribution in [0.1, 0.15) is 25.5 Å². The Labute approximate surface area is 166 Å². The van der Waals surface area contributed by atoms with Gasteiger partial charge in [0.1, 0.15) is 5.75 Å². The third-order valence-corrected chi connectivity index (χ3v) is 4.92. The number of nitrogens with one attached hydrogen (secondary N) is 2. The van der Waals surface area contributed by atoms with Crippen molar-refractivity contribution in [1.29, 1.82) is 0 Å². The lowest BCUT2D eigenvalue weighted by molar-refractivity contribution is -0.127. The van der Waals surface area contributed by atoms with E-state index < -0.39 is 6.04 Å². The average Bonchev–Trinajstić information content (AvgIpc) is 2.72. The van der Waals surface area contributed by atoms with Gasteiger partial charge < -0.3 is 25.8 Å². The van der Waals surface area contributed by atoms with E-state index in [4.69, 9.17) is 15.2 Å². The third kappa shape index (κ3) is 6.47. The molecule has 8 heteroatoms. The Morgan fingerprint density at radius 2 is 1.82 bits per heavy atom. The minimum Gasteiger partial charge on any atom is -0.497 e. The normalized spacial score (nSPS) is 17.0. The molecule has 1 saturated heterocycles. The third-order valence-electron chi connectivity index (χ3n) is 4.92. The van der Waals surface area contributed by atoms with Gasteiger partial charge >= 0.3 is 0 Å². The summed E-state index contributed by atoms with van der Waals surface area (Å²) in [7, 11) is 1.63. The fourth-order valence-electron chi connectivity index (χ4n) is 3.03. The Hall–Kier alpha value is -2.16. The number of hydrogen-bond donors (Lipinski definition) is 3. The highest BCUT2D eigenvalue weighted by molar-refractivity contribution is 5.87. The SMILES string of the molecule is COc1ccc(C(CNC(=O)CNC(=O)[C@@H](N)C(C)C)N2CCOCC2)cc1. The quantitative estimate of drug-likeness (QED) is 0.558. The van der Waals surface area contributed by atoms with E-state index in [-0.39, 0.29) is 30.3 Å². The minimum absolute atomic E-state index is 0.0174. The lowest BCUT2D eigenvalue weighted by Crippen LogP contribution is -2.48. The van der Waals surface area contributed by atoms with Crippen molar-refractivity contribution in [2.75, 3.05) is 46.5 Å². The lowest BCUT2D eigenvalue weighted by atomic mass is 10.0. The molecule has 0 saturated carbocycles. The van der Waals surface area contributed by atoms with Crippen LogP contribution in [0.5, 0.6) is 5.75 Å². The summed E-state index contributed by atoms with van der Waals surface area (Å²) in [6.45, 7) is 7.03. The zero-order valence-corrected chi connectivity index (χ0v) is 16.9. The largest absolute Gasteiger partial charge is 0.497 e. The Bertz CT molecular complexity index is 630. The second kappa shape index (κ2) is 11.0. The first-order chi connectivity index (χ1) is 13.4. The zero-order chi connectivity index (χ0) is 20.5. The lowest BCUT2D eigenvalue weighted by Gasteiger charge is -2.35. The first-order valence-corrected chi connectivity index (χ1v) is 9.68. The number of methoxy groups -OCH3 is 1. The predicted molar refractivity (Wildman–Crippen MR) is 107 cm³/mol. The van der Waals surface area contributed by atoms with Gasteiger partial charge in [0.25, 0.3) is 0 Å². The van der Waals surface area contributed by atoms with Crippen LogP contribution in [0.25, 0.3) is 0 Å². The fraction of sp³-hybridized carbons (Fsp3) is 0.600. The van der Waals surface area contributed by atoms with E-state index in [9.17, 15) is 9.59 Å². The van der Waals surface area contributed by atoms with E-state index in [1.54, 1.807) is 7.11 Å². The van der Waals surface area contributed by atoms with Crippen molar-refractivity contribution in [2.45, 2.75) is 25.9 Å². The summed E-state index contributed by atoms with van der Waals surface area (Å²) < 4.78 is 10.7. The molecular formula is C20H32N4O4. The Balaban J connectivity index is 1.94. The predicted octanol–water partition coefficient (Wildman–Crippen LogP) is 0.284.